The standard InChI is InChI=1S/C24H29N3O6/c1-4-32-23(30)20-14(2)21(25-15(20)3)24(31)33-13-19(28)27-18-12-8-7-11-17(18)22(29)26-16-9-5-6-10-16/h7-8,11-12,16,25H,4-6,9-10,13H2,1-3H3,(H,26,29)(H,27,28). The van der Waals surface area contributed by atoms with E-state index in [-0.39, 0.29) is 29.8 Å². The van der Waals surface area contributed by atoms with Gasteiger partial charge >= 0.3 is 11.9 Å². The molecule has 9 nitrogen and oxygen atoms in total. The Morgan fingerprint density at radius 3 is 2.42 bits per heavy atom. The van der Waals surface area contributed by atoms with Crippen molar-refractivity contribution in [1.29, 1.82) is 0 Å². The number of aromatic nitrogens is 1. The minimum atomic E-state index is -0.770. The number of hydrogen-bond donors (Lipinski definition) is 3. The van der Waals surface area contributed by atoms with Gasteiger partial charge in [0.2, 0.25) is 0 Å². The average molecular weight is 456 g/mol. The number of amides is 2. The van der Waals surface area contributed by atoms with Crippen molar-refractivity contribution in [3.05, 3.63) is 52.3 Å². The Balaban J connectivity index is 1.61. The van der Waals surface area contributed by atoms with E-state index in [9.17, 15) is 19.2 Å². The third kappa shape index (κ3) is 5.79. The fraction of sp³-hybridized carbons (Fsp3) is 0.417. The van der Waals surface area contributed by atoms with Crippen LogP contribution in [0.4, 0.5) is 5.69 Å². The maximum Gasteiger partial charge on any atom is 0.355 e. The number of aromatic amines is 1. The van der Waals surface area contributed by atoms with Gasteiger partial charge in [-0.3, -0.25) is 9.59 Å². The summed E-state index contributed by atoms with van der Waals surface area (Å²) in [6.45, 7) is 4.61. The summed E-state index contributed by atoms with van der Waals surface area (Å²) in [7, 11) is 0. The lowest BCUT2D eigenvalue weighted by Gasteiger charge is -2.15. The third-order valence-corrected chi connectivity index (χ3v) is 5.59. The molecule has 1 aromatic heterocycles. The highest BCUT2D eigenvalue weighted by Crippen LogP contribution is 2.21. The predicted molar refractivity (Wildman–Crippen MR) is 121 cm³/mol. The second kappa shape index (κ2) is 10.8. The van der Waals surface area contributed by atoms with E-state index in [0.29, 0.717) is 22.5 Å². The number of anilines is 1. The highest BCUT2D eigenvalue weighted by Gasteiger charge is 2.25. The van der Waals surface area contributed by atoms with Gasteiger partial charge in [-0.25, -0.2) is 9.59 Å². The van der Waals surface area contributed by atoms with Crippen LogP contribution in [0.3, 0.4) is 0 Å². The SMILES string of the molecule is CCOC(=O)c1c(C)[nH]c(C(=O)OCC(=O)Nc2ccccc2C(=O)NC2CCCC2)c1C. The monoisotopic (exact) mass is 455 g/mol. The Morgan fingerprint density at radius 1 is 1.03 bits per heavy atom. The first-order valence-electron chi connectivity index (χ1n) is 11.0. The van der Waals surface area contributed by atoms with Gasteiger partial charge in [-0.2, -0.15) is 0 Å². The second-order valence-electron chi connectivity index (χ2n) is 7.97. The van der Waals surface area contributed by atoms with Crippen molar-refractivity contribution in [1.82, 2.24) is 10.3 Å². The number of esters is 2. The van der Waals surface area contributed by atoms with Gasteiger partial charge < -0.3 is 25.1 Å². The highest BCUT2D eigenvalue weighted by atomic mass is 16.5. The molecule has 3 N–H and O–H groups in total. The van der Waals surface area contributed by atoms with Gasteiger partial charge in [0.05, 0.1) is 23.4 Å². The van der Waals surface area contributed by atoms with Crippen LogP contribution in [0, 0.1) is 13.8 Å². The topological polar surface area (TPSA) is 127 Å². The zero-order valence-electron chi connectivity index (χ0n) is 19.1. The minimum absolute atomic E-state index is 0.0831. The molecule has 2 amide bonds. The van der Waals surface area contributed by atoms with Crippen molar-refractivity contribution in [3.8, 4) is 0 Å². The van der Waals surface area contributed by atoms with E-state index >= 15 is 0 Å². The Hall–Kier alpha value is -3.62. The second-order valence-corrected chi connectivity index (χ2v) is 7.97. The van der Waals surface area contributed by atoms with Gasteiger partial charge in [-0.05, 0) is 51.3 Å². The number of ether oxygens (including phenoxy) is 2. The summed E-state index contributed by atoms with van der Waals surface area (Å²) in [6, 6.07) is 6.82. The van der Waals surface area contributed by atoms with Crippen molar-refractivity contribution in [2.24, 2.45) is 0 Å². The lowest BCUT2D eigenvalue weighted by molar-refractivity contribution is -0.119. The van der Waals surface area contributed by atoms with Crippen LogP contribution in [0.15, 0.2) is 24.3 Å². The molecule has 33 heavy (non-hydrogen) atoms. The van der Waals surface area contributed by atoms with E-state index in [2.05, 4.69) is 15.6 Å². The summed E-state index contributed by atoms with van der Waals surface area (Å²) in [6.07, 6.45) is 4.09. The Bertz CT molecular complexity index is 1050. The lowest BCUT2D eigenvalue weighted by atomic mass is 10.1. The summed E-state index contributed by atoms with van der Waals surface area (Å²) in [5, 5.41) is 5.62. The number of nitrogens with one attached hydrogen (secondary N) is 3. The number of aryl methyl sites for hydroxylation is 1. The Kier molecular flexibility index (Phi) is 7.87. The quantitative estimate of drug-likeness (QED) is 0.525. The van der Waals surface area contributed by atoms with E-state index in [1.165, 1.54) is 0 Å². The van der Waals surface area contributed by atoms with Crippen LogP contribution in [0.2, 0.25) is 0 Å². The van der Waals surface area contributed by atoms with Crippen LogP contribution < -0.4 is 10.6 Å². The summed E-state index contributed by atoms with van der Waals surface area (Å²) in [4.78, 5) is 52.5. The van der Waals surface area contributed by atoms with Crippen molar-refractivity contribution >= 4 is 29.4 Å². The van der Waals surface area contributed by atoms with E-state index in [0.717, 1.165) is 25.7 Å². The summed E-state index contributed by atoms with van der Waals surface area (Å²) < 4.78 is 10.1. The molecule has 1 aliphatic rings. The number of rotatable bonds is 8. The molecule has 1 aliphatic carbocycles. The number of carbonyl (C=O) groups is 4. The molecule has 1 aromatic carbocycles. The normalized spacial score (nSPS) is 13.4. The van der Waals surface area contributed by atoms with Crippen molar-refractivity contribution in [3.63, 3.8) is 0 Å². The smallest absolute Gasteiger partial charge is 0.355 e. The van der Waals surface area contributed by atoms with Gasteiger partial charge in [-0.1, -0.05) is 25.0 Å². The highest BCUT2D eigenvalue weighted by molar-refractivity contribution is 6.04. The van der Waals surface area contributed by atoms with E-state index in [4.69, 9.17) is 9.47 Å². The van der Waals surface area contributed by atoms with E-state index < -0.39 is 24.5 Å². The van der Waals surface area contributed by atoms with Crippen LogP contribution in [0.5, 0.6) is 0 Å². The molecule has 0 spiro atoms. The number of hydrogen-bond acceptors (Lipinski definition) is 6. The summed E-state index contributed by atoms with van der Waals surface area (Å²) in [5.41, 5.74) is 1.91. The fourth-order valence-electron chi connectivity index (χ4n) is 3.98. The molecule has 0 bridgehead atoms. The van der Waals surface area contributed by atoms with Gasteiger partial charge in [0.15, 0.2) is 6.61 Å². The van der Waals surface area contributed by atoms with Gasteiger partial charge in [-0.15, -0.1) is 0 Å². The van der Waals surface area contributed by atoms with Gasteiger partial charge in [0.1, 0.15) is 5.69 Å². The predicted octanol–water partition coefficient (Wildman–Crippen LogP) is 3.28. The molecule has 3 rings (SSSR count). The number of carbonyl (C=O) groups excluding carboxylic acids is 4. The van der Waals surface area contributed by atoms with Crippen molar-refractivity contribution in [2.75, 3.05) is 18.5 Å². The van der Waals surface area contributed by atoms with Crippen LogP contribution in [-0.2, 0) is 14.3 Å². The minimum Gasteiger partial charge on any atom is -0.462 e. The van der Waals surface area contributed by atoms with Crippen LogP contribution in [0.1, 0.15) is 75.1 Å². The Labute approximate surface area is 192 Å². The third-order valence-electron chi connectivity index (χ3n) is 5.59. The first-order valence-corrected chi connectivity index (χ1v) is 11.0. The van der Waals surface area contributed by atoms with Crippen molar-refractivity contribution in [2.45, 2.75) is 52.5 Å². The molecule has 2 aromatic rings. The number of benzene rings is 1. The Morgan fingerprint density at radius 2 is 1.73 bits per heavy atom. The molecule has 9 heteroatoms. The van der Waals surface area contributed by atoms with Crippen LogP contribution >= 0.6 is 0 Å². The van der Waals surface area contributed by atoms with E-state index in [1.54, 1.807) is 45.0 Å². The molecule has 0 saturated heterocycles. The van der Waals surface area contributed by atoms with Gasteiger partial charge in [0, 0.05) is 11.7 Å². The zero-order chi connectivity index (χ0) is 24.0. The average Bonchev–Trinajstić information content (AvgIpc) is 3.39. The largest absolute Gasteiger partial charge is 0.462 e. The molecule has 1 saturated carbocycles. The number of para-hydroxylation sites is 1. The number of H-pyrrole nitrogens is 1. The summed E-state index contributed by atoms with van der Waals surface area (Å²) in [5.74, 6) is -2.14. The maximum absolute atomic E-state index is 12.6. The molecule has 0 radical (unpaired) electrons. The molecule has 0 aliphatic heterocycles. The van der Waals surface area contributed by atoms with Crippen LogP contribution in [-0.4, -0.2) is 48.0 Å². The first kappa shape index (κ1) is 24.0. The maximum atomic E-state index is 12.6. The molecule has 1 fully saturated rings. The lowest BCUT2D eigenvalue weighted by Crippen LogP contribution is -2.33. The fourth-order valence-corrected chi connectivity index (χ4v) is 3.98. The van der Waals surface area contributed by atoms with Gasteiger partial charge in [0.25, 0.3) is 11.8 Å². The molecular weight excluding hydrogens is 426 g/mol. The van der Waals surface area contributed by atoms with E-state index in [1.807, 2.05) is 0 Å². The van der Waals surface area contributed by atoms with Crippen LogP contribution in [0.25, 0.3) is 0 Å². The molecule has 1 heterocycles. The molecule has 176 valence electrons. The van der Waals surface area contributed by atoms with Crippen molar-refractivity contribution < 1.29 is 28.7 Å². The summed E-state index contributed by atoms with van der Waals surface area (Å²) >= 11 is 0. The zero-order valence-corrected chi connectivity index (χ0v) is 19.1. The molecular formula is C24H29N3O6. The molecule has 0 atom stereocenters. The first-order chi connectivity index (χ1) is 15.8. The molecule has 0 unspecified atom stereocenters.